The van der Waals surface area contributed by atoms with E-state index in [0.717, 1.165) is 5.75 Å². The van der Waals surface area contributed by atoms with Gasteiger partial charge in [0, 0.05) is 6.54 Å². The van der Waals surface area contributed by atoms with Gasteiger partial charge in [-0.25, -0.2) is 0 Å². The van der Waals surface area contributed by atoms with Gasteiger partial charge in [0.1, 0.15) is 18.5 Å². The minimum atomic E-state index is -0.591. The van der Waals surface area contributed by atoms with Crippen LogP contribution in [0.5, 0.6) is 5.75 Å². The van der Waals surface area contributed by atoms with Gasteiger partial charge in [-0.05, 0) is 30.2 Å². The molecule has 2 atom stereocenters. The van der Waals surface area contributed by atoms with Crippen molar-refractivity contribution < 1.29 is 9.84 Å². The van der Waals surface area contributed by atoms with E-state index >= 15 is 0 Å². The third-order valence-electron chi connectivity index (χ3n) is 4.29. The van der Waals surface area contributed by atoms with Crippen molar-refractivity contribution in [1.29, 1.82) is 0 Å². The van der Waals surface area contributed by atoms with E-state index in [-0.39, 0.29) is 12.6 Å². The van der Waals surface area contributed by atoms with Crippen molar-refractivity contribution in [3.05, 3.63) is 102 Å². The molecule has 2 unspecified atom stereocenters. The normalized spacial score (nSPS) is 13.2. The van der Waals surface area contributed by atoms with Gasteiger partial charge >= 0.3 is 0 Å². The number of aliphatic hydroxyl groups is 1. The third kappa shape index (κ3) is 5.19. The molecule has 3 heteroatoms. The van der Waals surface area contributed by atoms with Crippen molar-refractivity contribution >= 4 is 0 Å². The van der Waals surface area contributed by atoms with Crippen LogP contribution in [0.1, 0.15) is 22.7 Å². The summed E-state index contributed by atoms with van der Waals surface area (Å²) >= 11 is 0. The molecule has 2 N–H and O–H groups in total. The molecule has 3 nitrogen and oxygen atoms in total. The van der Waals surface area contributed by atoms with E-state index in [4.69, 9.17) is 4.74 Å². The SMILES string of the molecule is Cc1ccc(C(NCC(O)COc2ccccc2)c2ccccc2)cc1. The molecule has 0 radical (unpaired) electrons. The molecule has 3 aromatic carbocycles. The summed E-state index contributed by atoms with van der Waals surface area (Å²) < 4.78 is 5.64. The number of nitrogens with one attached hydrogen (secondary N) is 1. The van der Waals surface area contributed by atoms with Gasteiger partial charge in [0.25, 0.3) is 0 Å². The van der Waals surface area contributed by atoms with Crippen LogP contribution in [0.4, 0.5) is 0 Å². The van der Waals surface area contributed by atoms with Gasteiger partial charge in [0.05, 0.1) is 6.04 Å². The van der Waals surface area contributed by atoms with Crippen LogP contribution in [0, 0.1) is 6.92 Å². The predicted octanol–water partition coefficient (Wildman–Crippen LogP) is 4.11. The summed E-state index contributed by atoms with van der Waals surface area (Å²) in [5.74, 6) is 0.768. The Bertz CT molecular complexity index is 772. The lowest BCUT2D eigenvalue weighted by Crippen LogP contribution is -2.34. The summed E-state index contributed by atoms with van der Waals surface area (Å²) in [6, 6.07) is 28.4. The smallest absolute Gasteiger partial charge is 0.119 e. The maximum Gasteiger partial charge on any atom is 0.119 e. The van der Waals surface area contributed by atoms with Crippen molar-refractivity contribution in [3.8, 4) is 5.75 Å². The van der Waals surface area contributed by atoms with Crippen molar-refractivity contribution in [2.45, 2.75) is 19.1 Å². The van der Waals surface area contributed by atoms with Crippen LogP contribution < -0.4 is 10.1 Å². The van der Waals surface area contributed by atoms with E-state index in [1.54, 1.807) is 0 Å². The Morgan fingerprint density at radius 3 is 2.04 bits per heavy atom. The highest BCUT2D eigenvalue weighted by Gasteiger charge is 2.15. The number of hydrogen-bond donors (Lipinski definition) is 2. The van der Waals surface area contributed by atoms with Crippen molar-refractivity contribution in [3.63, 3.8) is 0 Å². The van der Waals surface area contributed by atoms with Crippen molar-refractivity contribution in [2.75, 3.05) is 13.2 Å². The quantitative estimate of drug-likeness (QED) is 0.644. The third-order valence-corrected chi connectivity index (χ3v) is 4.29. The number of aliphatic hydroxyl groups excluding tert-OH is 1. The molecule has 0 heterocycles. The average molecular weight is 347 g/mol. The molecule has 0 amide bonds. The van der Waals surface area contributed by atoms with Crippen LogP contribution in [0.3, 0.4) is 0 Å². The molecule has 3 aromatic rings. The fourth-order valence-corrected chi connectivity index (χ4v) is 2.85. The summed E-state index contributed by atoms with van der Waals surface area (Å²) in [6.07, 6.45) is -0.591. The largest absolute Gasteiger partial charge is 0.491 e. The Morgan fingerprint density at radius 2 is 1.38 bits per heavy atom. The Hall–Kier alpha value is -2.62. The number of hydrogen-bond acceptors (Lipinski definition) is 3. The number of rotatable bonds is 8. The fourth-order valence-electron chi connectivity index (χ4n) is 2.85. The van der Waals surface area contributed by atoms with Crippen LogP contribution in [-0.4, -0.2) is 24.4 Å². The summed E-state index contributed by atoms with van der Waals surface area (Å²) in [5.41, 5.74) is 3.59. The topological polar surface area (TPSA) is 41.5 Å². The second kappa shape index (κ2) is 9.18. The summed E-state index contributed by atoms with van der Waals surface area (Å²) in [7, 11) is 0. The zero-order chi connectivity index (χ0) is 18.2. The first-order valence-electron chi connectivity index (χ1n) is 8.93. The standard InChI is InChI=1S/C23H25NO2/c1-18-12-14-20(15-13-18)23(19-8-4-2-5-9-19)24-16-21(25)17-26-22-10-6-3-7-11-22/h2-15,21,23-25H,16-17H2,1H3. The molecular weight excluding hydrogens is 322 g/mol. The van der Waals surface area contributed by atoms with Crippen LogP contribution in [-0.2, 0) is 0 Å². The molecule has 134 valence electrons. The van der Waals surface area contributed by atoms with Gasteiger partial charge in [-0.2, -0.15) is 0 Å². The lowest BCUT2D eigenvalue weighted by molar-refractivity contribution is 0.105. The molecule has 0 spiro atoms. The molecule has 0 bridgehead atoms. The van der Waals surface area contributed by atoms with E-state index in [2.05, 4.69) is 48.6 Å². The summed E-state index contributed by atoms with van der Waals surface area (Å²) in [5, 5.41) is 13.8. The monoisotopic (exact) mass is 347 g/mol. The van der Waals surface area contributed by atoms with Crippen LogP contribution in [0.25, 0.3) is 0 Å². The van der Waals surface area contributed by atoms with Gasteiger partial charge in [-0.15, -0.1) is 0 Å². The van der Waals surface area contributed by atoms with Gasteiger partial charge in [-0.1, -0.05) is 78.4 Å². The van der Waals surface area contributed by atoms with Crippen LogP contribution in [0.15, 0.2) is 84.9 Å². The van der Waals surface area contributed by atoms with E-state index in [1.165, 1.54) is 16.7 Å². The molecule has 26 heavy (non-hydrogen) atoms. The zero-order valence-corrected chi connectivity index (χ0v) is 15.0. The number of benzene rings is 3. The average Bonchev–Trinajstić information content (AvgIpc) is 2.69. The van der Waals surface area contributed by atoms with Crippen LogP contribution in [0.2, 0.25) is 0 Å². The predicted molar refractivity (Wildman–Crippen MR) is 105 cm³/mol. The second-order valence-corrected chi connectivity index (χ2v) is 6.44. The number of ether oxygens (including phenoxy) is 1. The summed E-state index contributed by atoms with van der Waals surface area (Å²) in [6.45, 7) is 2.78. The lowest BCUT2D eigenvalue weighted by atomic mass is 9.97. The fraction of sp³-hybridized carbons (Fsp3) is 0.217. The molecule has 0 aliphatic carbocycles. The van der Waals surface area contributed by atoms with E-state index in [0.29, 0.717) is 6.54 Å². The van der Waals surface area contributed by atoms with Gasteiger partial charge in [-0.3, -0.25) is 0 Å². The number of aryl methyl sites for hydroxylation is 1. The maximum absolute atomic E-state index is 10.3. The molecule has 0 fully saturated rings. The molecule has 3 rings (SSSR count). The Kier molecular flexibility index (Phi) is 6.42. The molecule has 0 saturated carbocycles. The lowest BCUT2D eigenvalue weighted by Gasteiger charge is -2.22. The zero-order valence-electron chi connectivity index (χ0n) is 15.0. The highest BCUT2D eigenvalue weighted by atomic mass is 16.5. The minimum absolute atomic E-state index is 0.0307. The first-order valence-corrected chi connectivity index (χ1v) is 8.93. The van der Waals surface area contributed by atoms with Crippen molar-refractivity contribution in [1.82, 2.24) is 5.32 Å². The second-order valence-electron chi connectivity index (χ2n) is 6.44. The van der Waals surface area contributed by atoms with E-state index in [1.807, 2.05) is 48.5 Å². The molecular formula is C23H25NO2. The maximum atomic E-state index is 10.3. The Balaban J connectivity index is 1.63. The molecule has 0 saturated heterocycles. The molecule has 0 aliphatic rings. The van der Waals surface area contributed by atoms with E-state index < -0.39 is 6.10 Å². The highest BCUT2D eigenvalue weighted by Crippen LogP contribution is 2.22. The van der Waals surface area contributed by atoms with E-state index in [9.17, 15) is 5.11 Å². The van der Waals surface area contributed by atoms with Gasteiger partial charge in [0.2, 0.25) is 0 Å². The van der Waals surface area contributed by atoms with Crippen molar-refractivity contribution in [2.24, 2.45) is 0 Å². The van der Waals surface area contributed by atoms with Crippen LogP contribution >= 0.6 is 0 Å². The first kappa shape index (κ1) is 18.2. The van der Waals surface area contributed by atoms with Gasteiger partial charge < -0.3 is 15.2 Å². The first-order chi connectivity index (χ1) is 12.7. The minimum Gasteiger partial charge on any atom is -0.491 e. The molecule has 0 aromatic heterocycles. The Labute approximate surface area is 155 Å². The highest BCUT2D eigenvalue weighted by molar-refractivity contribution is 5.33. The molecule has 0 aliphatic heterocycles. The van der Waals surface area contributed by atoms with Gasteiger partial charge in [0.15, 0.2) is 0 Å². The number of para-hydroxylation sites is 1. The Morgan fingerprint density at radius 1 is 0.808 bits per heavy atom. The summed E-state index contributed by atoms with van der Waals surface area (Å²) in [4.78, 5) is 0.